The number of hydrogen-bond donors (Lipinski definition) is 3. The lowest BCUT2D eigenvalue weighted by Crippen LogP contribution is -2.63. The number of carboxylic acids is 1. The summed E-state index contributed by atoms with van der Waals surface area (Å²) in [6, 6.07) is -0.00920. The summed E-state index contributed by atoms with van der Waals surface area (Å²) in [5.41, 5.74) is 0.0964. The van der Waals surface area contributed by atoms with E-state index in [1.165, 1.54) is 4.90 Å². The molecule has 2 saturated heterocycles. The van der Waals surface area contributed by atoms with Gasteiger partial charge in [-0.25, -0.2) is 4.79 Å². The number of aliphatic hydroxyl groups is 1. The van der Waals surface area contributed by atoms with Gasteiger partial charge in [0.2, 0.25) is 5.91 Å². The van der Waals surface area contributed by atoms with E-state index in [0.717, 1.165) is 24.4 Å². The Morgan fingerprint density at radius 2 is 2.30 bits per heavy atom. The van der Waals surface area contributed by atoms with Crippen molar-refractivity contribution in [2.24, 2.45) is 11.8 Å². The highest BCUT2D eigenvalue weighted by Crippen LogP contribution is 2.51. The van der Waals surface area contributed by atoms with E-state index < -0.39 is 18.0 Å². The summed E-state index contributed by atoms with van der Waals surface area (Å²) in [4.78, 5) is 26.4. The monoisotopic (exact) mass is 393 g/mol. The SMILES string of the molecule is C[C@@H](O)[C@H]1C(=O)N2C(C(=O)O)=C(S[C@@H]3CN[C@H](Cn4ccnn4)C3)[C@H](C)[C@H]12. The second kappa shape index (κ2) is 6.92. The molecule has 0 bridgehead atoms. The average molecular weight is 393 g/mol. The van der Waals surface area contributed by atoms with Crippen molar-refractivity contribution in [1.29, 1.82) is 0 Å². The van der Waals surface area contributed by atoms with Gasteiger partial charge in [-0.05, 0) is 13.3 Å². The molecule has 0 unspecified atom stereocenters. The van der Waals surface area contributed by atoms with E-state index in [1.807, 2.05) is 13.1 Å². The largest absolute Gasteiger partial charge is 0.477 e. The molecule has 10 heteroatoms. The molecular formula is C17H23N5O4S. The van der Waals surface area contributed by atoms with Crippen LogP contribution < -0.4 is 5.32 Å². The van der Waals surface area contributed by atoms with Crippen LogP contribution in [0, 0.1) is 11.8 Å². The summed E-state index contributed by atoms with van der Waals surface area (Å²) in [7, 11) is 0. The zero-order chi connectivity index (χ0) is 19.3. The minimum atomic E-state index is -1.07. The number of β-lactam (4-membered cyclic amide) rings is 1. The Morgan fingerprint density at radius 3 is 2.93 bits per heavy atom. The third kappa shape index (κ3) is 3.05. The maximum absolute atomic E-state index is 12.4. The molecular weight excluding hydrogens is 370 g/mol. The molecule has 0 aromatic carbocycles. The molecule has 3 aliphatic rings. The van der Waals surface area contributed by atoms with Gasteiger partial charge in [0.1, 0.15) is 5.70 Å². The van der Waals surface area contributed by atoms with Gasteiger partial charge in [-0.15, -0.1) is 16.9 Å². The number of carboxylic acid groups (broad SMARTS) is 1. The van der Waals surface area contributed by atoms with Crippen molar-refractivity contribution in [2.75, 3.05) is 6.54 Å². The van der Waals surface area contributed by atoms with E-state index in [0.29, 0.717) is 0 Å². The Kier molecular flexibility index (Phi) is 4.73. The van der Waals surface area contributed by atoms with Crippen molar-refractivity contribution in [1.82, 2.24) is 25.2 Å². The summed E-state index contributed by atoms with van der Waals surface area (Å²) in [5.74, 6) is -1.97. The number of carbonyl (C=O) groups excluding carboxylic acids is 1. The van der Waals surface area contributed by atoms with E-state index in [-0.39, 0.29) is 34.9 Å². The van der Waals surface area contributed by atoms with Crippen LogP contribution in [0.2, 0.25) is 0 Å². The fourth-order valence-electron chi connectivity index (χ4n) is 4.43. The molecule has 4 rings (SSSR count). The first-order valence-electron chi connectivity index (χ1n) is 9.11. The first-order valence-corrected chi connectivity index (χ1v) is 9.99. The maximum Gasteiger partial charge on any atom is 0.353 e. The first-order chi connectivity index (χ1) is 12.9. The third-order valence-electron chi connectivity index (χ3n) is 5.67. The van der Waals surface area contributed by atoms with Crippen LogP contribution in [-0.4, -0.2) is 72.0 Å². The molecule has 6 atom stereocenters. The molecule has 27 heavy (non-hydrogen) atoms. The lowest BCUT2D eigenvalue weighted by molar-refractivity contribution is -0.163. The molecule has 3 N–H and O–H groups in total. The number of aliphatic carboxylic acids is 1. The molecule has 3 aliphatic heterocycles. The van der Waals surface area contributed by atoms with Gasteiger partial charge in [0.15, 0.2) is 0 Å². The highest BCUT2D eigenvalue weighted by atomic mass is 32.2. The second-order valence-electron chi connectivity index (χ2n) is 7.48. The molecule has 0 saturated carbocycles. The third-order valence-corrected chi connectivity index (χ3v) is 7.18. The quantitative estimate of drug-likeness (QED) is 0.573. The standard InChI is InChI=1S/C17H23N5O4S/c1-8-13-12(9(2)23)16(24)22(13)14(17(25)26)15(8)27-11-5-10(18-6-11)7-21-4-3-19-20-21/h3-4,8-13,18,23H,5-7H2,1-2H3,(H,25,26)/t8-,9-,10+,11+,12-,13-/m1/s1. The van der Waals surface area contributed by atoms with Crippen molar-refractivity contribution in [3.63, 3.8) is 0 Å². The lowest BCUT2D eigenvalue weighted by Gasteiger charge is -2.46. The van der Waals surface area contributed by atoms with E-state index in [9.17, 15) is 19.8 Å². The van der Waals surface area contributed by atoms with E-state index in [4.69, 9.17) is 0 Å². The van der Waals surface area contributed by atoms with Crippen LogP contribution in [0.25, 0.3) is 0 Å². The minimum Gasteiger partial charge on any atom is -0.477 e. The Bertz CT molecular complexity index is 780. The average Bonchev–Trinajstić information content (AvgIpc) is 3.30. The van der Waals surface area contributed by atoms with Crippen molar-refractivity contribution in [2.45, 2.75) is 50.3 Å². The van der Waals surface area contributed by atoms with Crippen molar-refractivity contribution < 1.29 is 19.8 Å². The van der Waals surface area contributed by atoms with Gasteiger partial charge < -0.3 is 20.4 Å². The fourth-order valence-corrected chi connectivity index (χ4v) is 5.94. The van der Waals surface area contributed by atoms with E-state index in [2.05, 4.69) is 15.6 Å². The zero-order valence-corrected chi connectivity index (χ0v) is 16.0. The summed E-state index contributed by atoms with van der Waals surface area (Å²) in [5, 5.41) is 31.1. The molecule has 1 aromatic rings. The van der Waals surface area contributed by atoms with Gasteiger partial charge in [-0.1, -0.05) is 12.1 Å². The fraction of sp³-hybridized carbons (Fsp3) is 0.647. The Labute approximate surface area is 160 Å². The molecule has 4 heterocycles. The molecule has 9 nitrogen and oxygen atoms in total. The van der Waals surface area contributed by atoms with Gasteiger partial charge in [0.25, 0.3) is 0 Å². The van der Waals surface area contributed by atoms with Crippen LogP contribution in [0.15, 0.2) is 23.0 Å². The molecule has 0 spiro atoms. The van der Waals surface area contributed by atoms with Crippen LogP contribution in [0.1, 0.15) is 20.3 Å². The molecule has 1 aromatic heterocycles. The Hall–Kier alpha value is -1.91. The molecule has 146 valence electrons. The van der Waals surface area contributed by atoms with Gasteiger partial charge in [0, 0.05) is 34.9 Å². The van der Waals surface area contributed by atoms with Crippen molar-refractivity contribution >= 4 is 23.6 Å². The summed E-state index contributed by atoms with van der Waals surface area (Å²) < 4.78 is 1.78. The van der Waals surface area contributed by atoms with E-state index >= 15 is 0 Å². The number of carbonyl (C=O) groups is 2. The highest BCUT2D eigenvalue weighted by Gasteiger charge is 2.60. The Balaban J connectivity index is 1.48. The van der Waals surface area contributed by atoms with Gasteiger partial charge >= 0.3 is 5.97 Å². The number of hydrogen-bond acceptors (Lipinski definition) is 7. The number of nitrogens with one attached hydrogen (secondary N) is 1. The number of amides is 1. The second-order valence-corrected chi connectivity index (χ2v) is 8.82. The van der Waals surface area contributed by atoms with Crippen LogP contribution in [0.4, 0.5) is 0 Å². The van der Waals surface area contributed by atoms with Gasteiger partial charge in [-0.2, -0.15) is 0 Å². The summed E-state index contributed by atoms with van der Waals surface area (Å²) >= 11 is 1.55. The number of aromatic nitrogens is 3. The molecule has 2 fully saturated rings. The predicted octanol–water partition coefficient (Wildman–Crippen LogP) is -0.104. The highest BCUT2D eigenvalue weighted by molar-refractivity contribution is 8.03. The smallest absolute Gasteiger partial charge is 0.353 e. The van der Waals surface area contributed by atoms with Crippen LogP contribution in [0.3, 0.4) is 0 Å². The van der Waals surface area contributed by atoms with Gasteiger partial charge in [-0.3, -0.25) is 9.48 Å². The molecule has 1 amide bonds. The summed E-state index contributed by atoms with van der Waals surface area (Å²) in [6.07, 6.45) is 3.57. The van der Waals surface area contributed by atoms with Crippen LogP contribution in [-0.2, 0) is 16.1 Å². The zero-order valence-electron chi connectivity index (χ0n) is 15.1. The van der Waals surface area contributed by atoms with Gasteiger partial charge in [0.05, 0.1) is 30.8 Å². The van der Waals surface area contributed by atoms with Crippen molar-refractivity contribution in [3.05, 3.63) is 23.0 Å². The lowest BCUT2D eigenvalue weighted by atomic mass is 9.79. The topological polar surface area (TPSA) is 121 Å². The summed E-state index contributed by atoms with van der Waals surface area (Å²) in [6.45, 7) is 5.03. The number of rotatable bonds is 6. The number of aliphatic hydroxyl groups excluding tert-OH is 1. The van der Waals surface area contributed by atoms with Crippen molar-refractivity contribution in [3.8, 4) is 0 Å². The maximum atomic E-state index is 12.4. The van der Waals surface area contributed by atoms with Crippen LogP contribution >= 0.6 is 11.8 Å². The molecule has 0 radical (unpaired) electrons. The minimum absolute atomic E-state index is 0.0900. The predicted molar refractivity (Wildman–Crippen MR) is 97.4 cm³/mol. The number of thioether (sulfide) groups is 1. The first kappa shape index (κ1) is 18.5. The normalized spacial score (nSPS) is 34.0. The van der Waals surface area contributed by atoms with Crippen LogP contribution in [0.5, 0.6) is 0 Å². The number of fused-ring (bicyclic) bond motifs is 1. The molecule has 0 aliphatic carbocycles. The Morgan fingerprint density at radius 1 is 1.52 bits per heavy atom. The van der Waals surface area contributed by atoms with E-state index in [1.54, 1.807) is 29.6 Å². The number of nitrogens with zero attached hydrogens (tertiary/aromatic N) is 4.